The Hall–Kier alpha value is -3.37. The van der Waals surface area contributed by atoms with Gasteiger partial charge in [0.2, 0.25) is 10.0 Å². The van der Waals surface area contributed by atoms with E-state index in [1.165, 1.54) is 20.0 Å². The predicted molar refractivity (Wildman–Crippen MR) is 117 cm³/mol. The Morgan fingerprint density at radius 3 is 2.59 bits per heavy atom. The zero-order valence-electron chi connectivity index (χ0n) is 17.2. The van der Waals surface area contributed by atoms with E-state index in [1.807, 2.05) is 6.07 Å². The van der Waals surface area contributed by atoms with E-state index in [0.717, 1.165) is 17.7 Å². The van der Waals surface area contributed by atoms with Gasteiger partial charge in [0.1, 0.15) is 17.6 Å². The second kappa shape index (κ2) is 8.29. The van der Waals surface area contributed by atoms with Crippen LogP contribution in [0, 0.1) is 11.6 Å². The number of nitrogens with one attached hydrogen (secondary N) is 2. The second-order valence-corrected chi connectivity index (χ2v) is 9.76. The maximum absolute atomic E-state index is 15.2. The number of aliphatic hydroxyl groups is 1. The summed E-state index contributed by atoms with van der Waals surface area (Å²) in [5.41, 5.74) is 0.998. The third-order valence-electron chi connectivity index (χ3n) is 5.13. The van der Waals surface area contributed by atoms with Gasteiger partial charge in [-0.3, -0.25) is 9.71 Å². The molecule has 3 aromatic heterocycles. The van der Waals surface area contributed by atoms with E-state index in [2.05, 4.69) is 19.7 Å². The summed E-state index contributed by atoms with van der Waals surface area (Å²) >= 11 is 0. The number of H-pyrrole nitrogens is 1. The highest BCUT2D eigenvalue weighted by Gasteiger charge is 2.27. The average molecular weight is 458 g/mol. The summed E-state index contributed by atoms with van der Waals surface area (Å²) in [4.78, 5) is 11.3. The highest BCUT2D eigenvalue weighted by Crippen LogP contribution is 2.35. The van der Waals surface area contributed by atoms with Crippen molar-refractivity contribution in [1.82, 2.24) is 15.0 Å². The molecule has 7 nitrogen and oxygen atoms in total. The summed E-state index contributed by atoms with van der Waals surface area (Å²) in [5.74, 6) is -2.19. The van der Waals surface area contributed by atoms with E-state index in [-0.39, 0.29) is 5.56 Å². The lowest BCUT2D eigenvalue weighted by molar-refractivity contribution is 0.211. The lowest BCUT2D eigenvalue weighted by Gasteiger charge is -2.17. The van der Waals surface area contributed by atoms with Crippen LogP contribution in [0.3, 0.4) is 0 Å². The number of aliphatic hydroxyl groups excluding tert-OH is 1. The van der Waals surface area contributed by atoms with Crippen molar-refractivity contribution in [3.63, 3.8) is 0 Å². The van der Waals surface area contributed by atoms with Gasteiger partial charge in [0.15, 0.2) is 5.82 Å². The minimum absolute atomic E-state index is 0.194. The van der Waals surface area contributed by atoms with Crippen LogP contribution in [-0.4, -0.2) is 33.7 Å². The number of rotatable bonds is 6. The highest BCUT2D eigenvalue weighted by atomic mass is 32.2. The average Bonchev–Trinajstić information content (AvgIpc) is 3.19. The van der Waals surface area contributed by atoms with Crippen molar-refractivity contribution in [2.45, 2.75) is 25.2 Å². The number of aromatic nitrogens is 3. The van der Waals surface area contributed by atoms with Gasteiger partial charge < -0.3 is 10.1 Å². The van der Waals surface area contributed by atoms with Gasteiger partial charge in [-0.1, -0.05) is 6.07 Å². The van der Waals surface area contributed by atoms with E-state index in [4.69, 9.17) is 0 Å². The van der Waals surface area contributed by atoms with Crippen molar-refractivity contribution >= 4 is 26.7 Å². The quantitative estimate of drug-likeness (QED) is 0.403. The predicted octanol–water partition coefficient (Wildman–Crippen LogP) is 4.13. The summed E-state index contributed by atoms with van der Waals surface area (Å²) in [6, 6.07) is 7.23. The van der Waals surface area contributed by atoms with Crippen LogP contribution in [0.25, 0.3) is 22.2 Å². The summed E-state index contributed by atoms with van der Waals surface area (Å²) in [6.07, 6.45) is 4.61. The molecule has 0 spiro atoms. The van der Waals surface area contributed by atoms with Crippen molar-refractivity contribution in [3.8, 4) is 11.1 Å². The second-order valence-electron chi connectivity index (χ2n) is 7.53. The molecule has 1 aromatic carbocycles. The first kappa shape index (κ1) is 21.8. The molecule has 0 radical (unpaired) electrons. The highest BCUT2D eigenvalue weighted by molar-refractivity contribution is 7.93. The van der Waals surface area contributed by atoms with Crippen LogP contribution in [0.2, 0.25) is 0 Å². The number of sulfonamides is 1. The van der Waals surface area contributed by atoms with Gasteiger partial charge in [-0.2, -0.15) is 0 Å². The van der Waals surface area contributed by atoms with Crippen molar-refractivity contribution in [1.29, 1.82) is 0 Å². The molecule has 1 atom stereocenters. The third kappa shape index (κ3) is 3.94. The molecule has 0 saturated heterocycles. The summed E-state index contributed by atoms with van der Waals surface area (Å²) in [6.45, 7) is 2.86. The standard InChI is InChI=1S/C22H20F2N4O3S/c1-12(2)32(30,31)28-18-6-5-17(23)19(20(18)24)21(29)16-11-27-22-15(16)8-14(10-26-22)13-4-3-7-25-9-13/h3-12,21,28-29H,1-2H3,(H,26,27)/t21-/m0/s1. The molecule has 3 heterocycles. The maximum atomic E-state index is 15.2. The number of hydrogen-bond acceptors (Lipinski definition) is 5. The molecular formula is C22H20F2N4O3S. The monoisotopic (exact) mass is 458 g/mol. The largest absolute Gasteiger partial charge is 0.383 e. The van der Waals surface area contributed by atoms with Gasteiger partial charge in [-0.15, -0.1) is 0 Å². The third-order valence-corrected chi connectivity index (χ3v) is 6.87. The van der Waals surface area contributed by atoms with Gasteiger partial charge in [0, 0.05) is 46.9 Å². The summed E-state index contributed by atoms with van der Waals surface area (Å²) in [7, 11) is -3.87. The maximum Gasteiger partial charge on any atom is 0.235 e. The zero-order valence-corrected chi connectivity index (χ0v) is 18.0. The van der Waals surface area contributed by atoms with Crippen molar-refractivity contribution in [2.24, 2.45) is 0 Å². The number of benzene rings is 1. The molecule has 166 valence electrons. The minimum Gasteiger partial charge on any atom is -0.383 e. The van der Waals surface area contributed by atoms with Gasteiger partial charge in [0.05, 0.1) is 16.5 Å². The Balaban J connectivity index is 1.79. The van der Waals surface area contributed by atoms with Crippen molar-refractivity contribution in [3.05, 3.63) is 77.9 Å². The number of pyridine rings is 2. The molecule has 0 aliphatic heterocycles. The first-order chi connectivity index (χ1) is 15.2. The van der Waals surface area contributed by atoms with Crippen LogP contribution in [0.15, 0.2) is 55.1 Å². The van der Waals surface area contributed by atoms with E-state index in [1.54, 1.807) is 30.7 Å². The molecule has 0 saturated carbocycles. The van der Waals surface area contributed by atoms with E-state index in [0.29, 0.717) is 16.6 Å². The van der Waals surface area contributed by atoms with E-state index in [9.17, 15) is 17.9 Å². The lowest BCUT2D eigenvalue weighted by Crippen LogP contribution is -2.23. The number of fused-ring (bicyclic) bond motifs is 1. The fraction of sp³-hybridized carbons (Fsp3) is 0.182. The number of aromatic amines is 1. The fourth-order valence-corrected chi connectivity index (χ4v) is 3.97. The molecule has 0 unspecified atom stereocenters. The van der Waals surface area contributed by atoms with Crippen LogP contribution in [0.1, 0.15) is 31.1 Å². The Morgan fingerprint density at radius 1 is 1.12 bits per heavy atom. The molecule has 0 bridgehead atoms. The first-order valence-electron chi connectivity index (χ1n) is 9.74. The summed E-state index contributed by atoms with van der Waals surface area (Å²) in [5, 5.41) is 10.6. The van der Waals surface area contributed by atoms with Crippen LogP contribution in [-0.2, 0) is 10.0 Å². The van der Waals surface area contributed by atoms with Gasteiger partial charge in [-0.25, -0.2) is 22.2 Å². The Kier molecular flexibility index (Phi) is 5.66. The van der Waals surface area contributed by atoms with E-state index >= 15 is 4.39 Å². The summed E-state index contributed by atoms with van der Waals surface area (Å²) < 4.78 is 56.1. The molecule has 4 aromatic rings. The van der Waals surface area contributed by atoms with Crippen LogP contribution >= 0.6 is 0 Å². The van der Waals surface area contributed by atoms with Crippen molar-refractivity contribution in [2.75, 3.05) is 4.72 Å². The number of anilines is 1. The smallest absolute Gasteiger partial charge is 0.235 e. The number of hydrogen-bond donors (Lipinski definition) is 3. The SMILES string of the molecule is CC(C)S(=O)(=O)Nc1ccc(F)c([C@@H](O)c2c[nH]c3ncc(-c4cccnc4)cc23)c1F. The molecule has 0 aliphatic carbocycles. The molecule has 3 N–H and O–H groups in total. The number of nitrogens with zero attached hydrogens (tertiary/aromatic N) is 2. The van der Waals surface area contributed by atoms with Crippen LogP contribution in [0.5, 0.6) is 0 Å². The molecule has 4 rings (SSSR count). The molecule has 32 heavy (non-hydrogen) atoms. The zero-order chi connectivity index (χ0) is 23.0. The Labute approximate surface area is 183 Å². The molecule has 10 heteroatoms. The molecular weight excluding hydrogens is 438 g/mol. The van der Waals surface area contributed by atoms with Crippen LogP contribution < -0.4 is 4.72 Å². The molecule has 0 amide bonds. The van der Waals surface area contributed by atoms with Gasteiger partial charge in [-0.05, 0) is 38.1 Å². The van der Waals surface area contributed by atoms with Gasteiger partial charge in [0.25, 0.3) is 0 Å². The minimum atomic E-state index is -3.87. The topological polar surface area (TPSA) is 108 Å². The van der Waals surface area contributed by atoms with Crippen molar-refractivity contribution < 1.29 is 22.3 Å². The molecule has 0 fully saturated rings. The fourth-order valence-electron chi connectivity index (χ4n) is 3.27. The van der Waals surface area contributed by atoms with E-state index < -0.39 is 44.3 Å². The Bertz CT molecular complexity index is 1390. The molecule has 0 aliphatic rings. The van der Waals surface area contributed by atoms with Gasteiger partial charge >= 0.3 is 0 Å². The van der Waals surface area contributed by atoms with Crippen LogP contribution in [0.4, 0.5) is 14.5 Å². The Morgan fingerprint density at radius 2 is 1.91 bits per heavy atom. The number of halogens is 2. The first-order valence-corrected chi connectivity index (χ1v) is 11.3. The normalized spacial score (nSPS) is 12.9. The lowest BCUT2D eigenvalue weighted by atomic mass is 9.98.